The summed E-state index contributed by atoms with van der Waals surface area (Å²) in [7, 11) is 0. The minimum atomic E-state index is -0.0587. The average Bonchev–Trinajstić information content (AvgIpc) is 2.93. The van der Waals surface area contributed by atoms with Gasteiger partial charge in [-0.1, -0.05) is 30.3 Å². The number of nitrogens with one attached hydrogen (secondary N) is 1. The summed E-state index contributed by atoms with van der Waals surface area (Å²) in [6.45, 7) is 2.55. The van der Waals surface area contributed by atoms with Crippen molar-refractivity contribution in [3.05, 3.63) is 58.6 Å². The average molecular weight is 272 g/mol. The second-order valence-corrected chi connectivity index (χ2v) is 4.93. The molecule has 2 rings (SSSR count). The van der Waals surface area contributed by atoms with Crippen LogP contribution in [0, 0.1) is 0 Å². The highest BCUT2D eigenvalue weighted by atomic mass is 32.1. The molecular weight excluding hydrogens is 256 g/mol. The van der Waals surface area contributed by atoms with E-state index in [4.69, 9.17) is 0 Å². The van der Waals surface area contributed by atoms with Gasteiger partial charge in [0.05, 0.1) is 11.2 Å². The van der Waals surface area contributed by atoms with E-state index < -0.39 is 0 Å². The van der Waals surface area contributed by atoms with Crippen LogP contribution in [-0.4, -0.2) is 17.4 Å². The normalized spacial score (nSPS) is 11.3. The molecule has 1 amide bonds. The molecule has 0 aliphatic rings. The molecule has 1 heterocycles. The van der Waals surface area contributed by atoms with Crippen LogP contribution in [0.4, 0.5) is 0 Å². The highest BCUT2D eigenvalue weighted by Crippen LogP contribution is 2.12. The van der Waals surface area contributed by atoms with E-state index in [1.54, 1.807) is 22.9 Å². The Bertz CT molecular complexity index is 547. The third kappa shape index (κ3) is 4.34. The zero-order chi connectivity index (χ0) is 13.5. The minimum absolute atomic E-state index is 0.0587. The van der Waals surface area contributed by atoms with E-state index in [0.29, 0.717) is 6.54 Å². The van der Waals surface area contributed by atoms with Crippen molar-refractivity contribution in [2.24, 2.45) is 0 Å². The van der Waals surface area contributed by atoms with Crippen LogP contribution in [0.3, 0.4) is 0 Å². The van der Waals surface area contributed by atoms with Gasteiger partial charge in [-0.2, -0.15) is 0 Å². The lowest BCUT2D eigenvalue weighted by atomic mass is 10.1. The molecule has 0 spiro atoms. The van der Waals surface area contributed by atoms with E-state index in [2.05, 4.69) is 10.3 Å². The molecule has 1 aromatic carbocycles. The van der Waals surface area contributed by atoms with Gasteiger partial charge in [-0.3, -0.25) is 4.79 Å². The summed E-state index contributed by atoms with van der Waals surface area (Å²) in [5.41, 5.74) is 4.86. The molecule has 98 valence electrons. The molecule has 0 atom stereocenters. The number of nitrogens with zero attached hydrogens (tertiary/aromatic N) is 1. The number of thiazole rings is 1. The van der Waals surface area contributed by atoms with Crippen LogP contribution in [0.5, 0.6) is 0 Å². The molecule has 3 nitrogen and oxygen atoms in total. The predicted octanol–water partition coefficient (Wildman–Crippen LogP) is 2.91. The number of aromatic nitrogens is 1. The Labute approximate surface area is 117 Å². The van der Waals surface area contributed by atoms with Crippen molar-refractivity contribution in [3.8, 4) is 0 Å². The van der Waals surface area contributed by atoms with Gasteiger partial charge in [0.2, 0.25) is 5.91 Å². The maximum Gasteiger partial charge on any atom is 0.244 e. The fraction of sp³-hybridized carbons (Fsp3) is 0.200. The van der Waals surface area contributed by atoms with Crippen LogP contribution in [0.1, 0.15) is 18.2 Å². The van der Waals surface area contributed by atoms with Gasteiger partial charge in [-0.25, -0.2) is 4.98 Å². The first-order chi connectivity index (χ1) is 9.25. The van der Waals surface area contributed by atoms with E-state index in [0.717, 1.165) is 23.3 Å². The molecule has 0 fully saturated rings. The van der Waals surface area contributed by atoms with E-state index >= 15 is 0 Å². The zero-order valence-corrected chi connectivity index (χ0v) is 11.6. The van der Waals surface area contributed by atoms with Crippen molar-refractivity contribution in [3.63, 3.8) is 0 Å². The molecule has 0 unspecified atom stereocenters. The number of benzene rings is 1. The van der Waals surface area contributed by atoms with Crippen molar-refractivity contribution in [1.82, 2.24) is 10.3 Å². The summed E-state index contributed by atoms with van der Waals surface area (Å²) in [5, 5.41) is 4.87. The number of hydrogen-bond acceptors (Lipinski definition) is 3. The fourth-order valence-electron chi connectivity index (χ4n) is 1.71. The molecule has 1 aromatic heterocycles. The van der Waals surface area contributed by atoms with Crippen LogP contribution in [0.25, 0.3) is 5.57 Å². The van der Waals surface area contributed by atoms with Crippen LogP contribution in [0.2, 0.25) is 0 Å². The maximum atomic E-state index is 11.7. The summed E-state index contributed by atoms with van der Waals surface area (Å²) in [6.07, 6.45) is 2.41. The van der Waals surface area contributed by atoms with Crippen molar-refractivity contribution < 1.29 is 4.79 Å². The number of allylic oxidation sites excluding steroid dienone is 1. The number of hydrogen-bond donors (Lipinski definition) is 1. The first-order valence-corrected chi connectivity index (χ1v) is 7.08. The molecule has 0 bridgehead atoms. The minimum Gasteiger partial charge on any atom is -0.352 e. The largest absolute Gasteiger partial charge is 0.352 e. The van der Waals surface area contributed by atoms with Gasteiger partial charge in [0.15, 0.2) is 0 Å². The summed E-state index contributed by atoms with van der Waals surface area (Å²) < 4.78 is 0. The monoisotopic (exact) mass is 272 g/mol. The van der Waals surface area contributed by atoms with Crippen LogP contribution in [0.15, 0.2) is 47.3 Å². The predicted molar refractivity (Wildman–Crippen MR) is 78.9 cm³/mol. The number of carbonyl (C=O) groups excluding carboxylic acids is 1. The lowest BCUT2D eigenvalue weighted by molar-refractivity contribution is -0.116. The first kappa shape index (κ1) is 13.5. The van der Waals surface area contributed by atoms with Gasteiger partial charge in [-0.15, -0.1) is 11.3 Å². The molecule has 4 heteroatoms. The number of rotatable bonds is 5. The second kappa shape index (κ2) is 6.85. The summed E-state index contributed by atoms with van der Waals surface area (Å²) in [5.74, 6) is -0.0587. The van der Waals surface area contributed by atoms with Crippen molar-refractivity contribution in [2.75, 3.05) is 6.54 Å². The molecule has 2 aromatic rings. The molecule has 0 saturated heterocycles. The smallest absolute Gasteiger partial charge is 0.244 e. The molecule has 0 aliphatic carbocycles. The van der Waals surface area contributed by atoms with E-state index in [9.17, 15) is 4.79 Å². The zero-order valence-electron chi connectivity index (χ0n) is 10.8. The van der Waals surface area contributed by atoms with Crippen molar-refractivity contribution >= 4 is 22.8 Å². The Hall–Kier alpha value is -1.94. The maximum absolute atomic E-state index is 11.7. The topological polar surface area (TPSA) is 42.0 Å². The number of carbonyl (C=O) groups is 1. The quantitative estimate of drug-likeness (QED) is 0.850. The Morgan fingerprint density at radius 1 is 1.37 bits per heavy atom. The Balaban J connectivity index is 1.83. The van der Waals surface area contributed by atoms with Crippen LogP contribution < -0.4 is 5.32 Å². The summed E-state index contributed by atoms with van der Waals surface area (Å²) in [4.78, 5) is 15.9. The summed E-state index contributed by atoms with van der Waals surface area (Å²) in [6, 6.07) is 9.88. The first-order valence-electron chi connectivity index (χ1n) is 6.14. The standard InChI is InChI=1S/C15H16N2OS/c1-12(13-5-3-2-4-6-13)9-15(18)16-8-7-14-10-19-11-17-14/h2-6,9-11H,7-8H2,1H3,(H,16,18)/b12-9+. The van der Waals surface area contributed by atoms with Crippen LogP contribution in [-0.2, 0) is 11.2 Å². The van der Waals surface area contributed by atoms with Crippen molar-refractivity contribution in [1.29, 1.82) is 0 Å². The van der Waals surface area contributed by atoms with Gasteiger partial charge < -0.3 is 5.32 Å². The Morgan fingerprint density at radius 3 is 2.84 bits per heavy atom. The molecular formula is C15H16N2OS. The van der Waals surface area contributed by atoms with Crippen molar-refractivity contribution in [2.45, 2.75) is 13.3 Å². The fourth-order valence-corrected chi connectivity index (χ4v) is 2.30. The lowest BCUT2D eigenvalue weighted by Gasteiger charge is -2.03. The third-order valence-corrected chi connectivity index (χ3v) is 3.38. The lowest BCUT2D eigenvalue weighted by Crippen LogP contribution is -2.23. The highest BCUT2D eigenvalue weighted by molar-refractivity contribution is 7.07. The van der Waals surface area contributed by atoms with Gasteiger partial charge in [0.25, 0.3) is 0 Å². The Kier molecular flexibility index (Phi) is 4.86. The molecule has 0 saturated carbocycles. The Morgan fingerprint density at radius 2 is 2.16 bits per heavy atom. The van der Waals surface area contributed by atoms with Gasteiger partial charge in [0, 0.05) is 24.4 Å². The van der Waals surface area contributed by atoms with Gasteiger partial charge in [-0.05, 0) is 18.1 Å². The number of amides is 1. The second-order valence-electron chi connectivity index (χ2n) is 4.21. The SMILES string of the molecule is C/C(=C\C(=O)NCCc1cscn1)c1ccccc1. The van der Waals surface area contributed by atoms with E-state index in [1.165, 1.54) is 0 Å². The molecule has 0 radical (unpaired) electrons. The van der Waals surface area contributed by atoms with E-state index in [-0.39, 0.29) is 5.91 Å². The van der Waals surface area contributed by atoms with Gasteiger partial charge >= 0.3 is 0 Å². The van der Waals surface area contributed by atoms with Gasteiger partial charge in [0.1, 0.15) is 0 Å². The third-order valence-electron chi connectivity index (χ3n) is 2.74. The molecule has 19 heavy (non-hydrogen) atoms. The van der Waals surface area contributed by atoms with Crippen LogP contribution >= 0.6 is 11.3 Å². The molecule has 0 aliphatic heterocycles. The van der Waals surface area contributed by atoms with E-state index in [1.807, 2.05) is 42.6 Å². The molecule has 1 N–H and O–H groups in total. The summed E-state index contributed by atoms with van der Waals surface area (Å²) >= 11 is 1.57. The highest BCUT2D eigenvalue weighted by Gasteiger charge is 2.00.